The summed E-state index contributed by atoms with van der Waals surface area (Å²) in [7, 11) is 0. The molecular weight excluding hydrogens is 194 g/mol. The van der Waals surface area contributed by atoms with Crippen LogP contribution < -0.4 is 5.32 Å². The zero-order chi connectivity index (χ0) is 12.0. The Morgan fingerprint density at radius 1 is 1.19 bits per heavy atom. The lowest BCUT2D eigenvalue weighted by Gasteiger charge is -2.37. The highest BCUT2D eigenvalue weighted by Gasteiger charge is 2.30. The van der Waals surface area contributed by atoms with Gasteiger partial charge in [0.25, 0.3) is 0 Å². The van der Waals surface area contributed by atoms with Gasteiger partial charge in [0.15, 0.2) is 0 Å². The van der Waals surface area contributed by atoms with Crippen LogP contribution in [0.15, 0.2) is 0 Å². The van der Waals surface area contributed by atoms with Gasteiger partial charge in [0.2, 0.25) is 0 Å². The van der Waals surface area contributed by atoms with Gasteiger partial charge < -0.3 is 5.32 Å². The highest BCUT2D eigenvalue weighted by atomic mass is 14.8. The number of rotatable bonds is 4. The molecule has 0 aromatic carbocycles. The van der Waals surface area contributed by atoms with Crippen LogP contribution in [0.3, 0.4) is 0 Å². The molecule has 0 radical (unpaired) electrons. The molecule has 1 rings (SSSR count). The quantitative estimate of drug-likeness (QED) is 0.755. The van der Waals surface area contributed by atoms with Crippen molar-refractivity contribution >= 4 is 0 Å². The van der Waals surface area contributed by atoms with E-state index in [1.165, 1.54) is 51.6 Å². The second kappa shape index (κ2) is 6.64. The van der Waals surface area contributed by atoms with Crippen molar-refractivity contribution in [1.29, 1.82) is 0 Å². The van der Waals surface area contributed by atoms with Crippen molar-refractivity contribution in [1.82, 2.24) is 5.32 Å². The minimum Gasteiger partial charge on any atom is -0.317 e. The zero-order valence-corrected chi connectivity index (χ0v) is 11.8. The molecule has 1 heteroatoms. The summed E-state index contributed by atoms with van der Waals surface area (Å²) in [6.07, 6.45) is 8.33. The molecule has 0 spiro atoms. The first-order valence-corrected chi connectivity index (χ1v) is 7.27. The third-order valence-electron chi connectivity index (χ3n) is 4.49. The first-order valence-electron chi connectivity index (χ1n) is 7.27. The van der Waals surface area contributed by atoms with Gasteiger partial charge in [-0.1, -0.05) is 34.1 Å². The normalized spacial score (nSPS) is 22.5. The maximum Gasteiger partial charge on any atom is -0.00488 e. The fraction of sp³-hybridized carbons (Fsp3) is 1.00. The zero-order valence-electron chi connectivity index (χ0n) is 11.8. The largest absolute Gasteiger partial charge is 0.317 e. The van der Waals surface area contributed by atoms with Gasteiger partial charge in [-0.15, -0.1) is 0 Å². The SMILES string of the molecule is CCC(C)CC(C)(C)C1CCCNCCC1. The van der Waals surface area contributed by atoms with E-state index in [4.69, 9.17) is 0 Å². The second-order valence-corrected chi connectivity index (χ2v) is 6.44. The Morgan fingerprint density at radius 3 is 2.25 bits per heavy atom. The van der Waals surface area contributed by atoms with Crippen molar-refractivity contribution in [2.24, 2.45) is 17.3 Å². The molecule has 1 atom stereocenters. The fourth-order valence-corrected chi connectivity index (χ4v) is 3.21. The first-order chi connectivity index (χ1) is 7.56. The third-order valence-corrected chi connectivity index (χ3v) is 4.49. The van der Waals surface area contributed by atoms with E-state index in [2.05, 4.69) is 33.0 Å². The molecule has 0 saturated carbocycles. The van der Waals surface area contributed by atoms with Crippen LogP contribution in [0.5, 0.6) is 0 Å². The first kappa shape index (κ1) is 14.0. The lowest BCUT2D eigenvalue weighted by Crippen LogP contribution is -2.30. The highest BCUT2D eigenvalue weighted by molar-refractivity contribution is 4.81. The van der Waals surface area contributed by atoms with Crippen molar-refractivity contribution < 1.29 is 0 Å². The van der Waals surface area contributed by atoms with Crippen molar-refractivity contribution in [3.05, 3.63) is 0 Å². The fourth-order valence-electron chi connectivity index (χ4n) is 3.21. The molecule has 0 amide bonds. The predicted molar refractivity (Wildman–Crippen MR) is 72.7 cm³/mol. The van der Waals surface area contributed by atoms with Crippen molar-refractivity contribution in [3.8, 4) is 0 Å². The standard InChI is InChI=1S/C15H31N/c1-5-13(2)12-15(3,4)14-8-6-10-16-11-7-9-14/h13-14,16H,5-12H2,1-4H3. The van der Waals surface area contributed by atoms with Crippen molar-refractivity contribution in [2.45, 2.75) is 66.2 Å². The third kappa shape index (κ3) is 4.45. The maximum atomic E-state index is 3.51. The van der Waals surface area contributed by atoms with E-state index in [0.717, 1.165) is 11.8 Å². The van der Waals surface area contributed by atoms with Crippen molar-refractivity contribution in [2.75, 3.05) is 13.1 Å². The molecule has 0 aromatic rings. The maximum absolute atomic E-state index is 3.51. The lowest BCUT2D eigenvalue weighted by molar-refractivity contribution is 0.136. The van der Waals surface area contributed by atoms with E-state index in [-0.39, 0.29) is 0 Å². The van der Waals surface area contributed by atoms with Crippen LogP contribution in [-0.2, 0) is 0 Å². The summed E-state index contributed by atoms with van der Waals surface area (Å²) in [4.78, 5) is 0. The van der Waals surface area contributed by atoms with E-state index in [0.29, 0.717) is 5.41 Å². The minimum atomic E-state index is 0.548. The molecule has 1 heterocycles. The summed E-state index contributed by atoms with van der Waals surface area (Å²) in [5.41, 5.74) is 0.548. The molecule has 0 aromatic heterocycles. The molecule has 1 saturated heterocycles. The van der Waals surface area contributed by atoms with E-state index in [9.17, 15) is 0 Å². The van der Waals surface area contributed by atoms with E-state index in [1.807, 2.05) is 0 Å². The average molecular weight is 225 g/mol. The molecule has 1 fully saturated rings. The Labute approximate surface area is 102 Å². The highest BCUT2D eigenvalue weighted by Crippen LogP contribution is 2.40. The summed E-state index contributed by atoms with van der Waals surface area (Å²) in [5, 5.41) is 3.51. The molecule has 0 bridgehead atoms. The van der Waals surface area contributed by atoms with Gasteiger partial charge in [0, 0.05) is 0 Å². The monoisotopic (exact) mass is 225 g/mol. The lowest BCUT2D eigenvalue weighted by atomic mass is 9.69. The van der Waals surface area contributed by atoms with Crippen LogP contribution in [0.2, 0.25) is 0 Å². The predicted octanol–water partition coefficient (Wildman–Crippen LogP) is 4.23. The smallest absolute Gasteiger partial charge is 0.00488 e. The molecule has 96 valence electrons. The molecule has 1 aliphatic rings. The Balaban J connectivity index is 2.49. The van der Waals surface area contributed by atoms with Crippen LogP contribution >= 0.6 is 0 Å². The average Bonchev–Trinajstić information content (AvgIpc) is 2.15. The van der Waals surface area contributed by atoms with Crippen LogP contribution in [-0.4, -0.2) is 13.1 Å². The minimum absolute atomic E-state index is 0.548. The van der Waals surface area contributed by atoms with E-state index < -0.39 is 0 Å². The molecule has 1 nitrogen and oxygen atoms in total. The van der Waals surface area contributed by atoms with Gasteiger partial charge in [-0.05, 0) is 62.4 Å². The van der Waals surface area contributed by atoms with Gasteiger partial charge in [0.05, 0.1) is 0 Å². The summed E-state index contributed by atoms with van der Waals surface area (Å²) >= 11 is 0. The van der Waals surface area contributed by atoms with Crippen LogP contribution in [0, 0.1) is 17.3 Å². The molecule has 1 aliphatic heterocycles. The van der Waals surface area contributed by atoms with Gasteiger partial charge in [-0.2, -0.15) is 0 Å². The summed E-state index contributed by atoms with van der Waals surface area (Å²) in [6, 6.07) is 0. The molecule has 16 heavy (non-hydrogen) atoms. The molecule has 0 aliphatic carbocycles. The Morgan fingerprint density at radius 2 is 1.75 bits per heavy atom. The van der Waals surface area contributed by atoms with Gasteiger partial charge in [-0.3, -0.25) is 0 Å². The topological polar surface area (TPSA) is 12.0 Å². The van der Waals surface area contributed by atoms with Gasteiger partial charge in [-0.25, -0.2) is 0 Å². The molecule has 1 N–H and O–H groups in total. The second-order valence-electron chi connectivity index (χ2n) is 6.44. The van der Waals surface area contributed by atoms with Gasteiger partial charge in [0.1, 0.15) is 0 Å². The molecular formula is C15H31N. The number of nitrogens with one attached hydrogen (secondary N) is 1. The van der Waals surface area contributed by atoms with E-state index in [1.54, 1.807) is 0 Å². The van der Waals surface area contributed by atoms with Gasteiger partial charge >= 0.3 is 0 Å². The Kier molecular flexibility index (Phi) is 5.82. The summed E-state index contributed by atoms with van der Waals surface area (Å²) < 4.78 is 0. The Hall–Kier alpha value is -0.0400. The summed E-state index contributed by atoms with van der Waals surface area (Å²) in [6.45, 7) is 12.2. The summed E-state index contributed by atoms with van der Waals surface area (Å²) in [5.74, 6) is 1.84. The number of hydrogen-bond acceptors (Lipinski definition) is 1. The van der Waals surface area contributed by atoms with Crippen molar-refractivity contribution in [3.63, 3.8) is 0 Å². The van der Waals surface area contributed by atoms with Crippen LogP contribution in [0.25, 0.3) is 0 Å². The van der Waals surface area contributed by atoms with Crippen LogP contribution in [0.4, 0.5) is 0 Å². The Bertz CT molecular complexity index is 178. The van der Waals surface area contributed by atoms with Crippen LogP contribution in [0.1, 0.15) is 66.2 Å². The number of hydrogen-bond donors (Lipinski definition) is 1. The molecule has 1 unspecified atom stereocenters. The van der Waals surface area contributed by atoms with E-state index >= 15 is 0 Å².